The van der Waals surface area contributed by atoms with Crippen LogP contribution in [0, 0.1) is 6.92 Å². The number of phenols is 1. The Morgan fingerprint density at radius 2 is 1.89 bits per heavy atom. The molecule has 3 aromatic rings. The zero-order chi connectivity index (χ0) is 26.0. The molecule has 2 amide bonds. The maximum atomic E-state index is 13.6. The van der Waals surface area contributed by atoms with Crippen molar-refractivity contribution in [1.82, 2.24) is 5.01 Å². The lowest BCUT2D eigenvalue weighted by atomic mass is 10.0. The standard InChI is InChI=1S/C27H28N4O4S/c1-16-7-6-8-21(26(16)32)18-9-10-23(22(12-18)29-36)30(3)27(33)31-17(2)11-19-13-24(34-4)25(35-5)14-20(19)15-28-31/h6-10,12-15,17,32H,11H2,1-5H3/t17-/m0/s1. The van der Waals surface area contributed by atoms with Crippen LogP contribution in [0.4, 0.5) is 16.2 Å². The van der Waals surface area contributed by atoms with Crippen molar-refractivity contribution in [3.8, 4) is 28.4 Å². The number of benzene rings is 3. The quantitative estimate of drug-likeness (QED) is 0.490. The van der Waals surface area contributed by atoms with Crippen molar-refractivity contribution in [2.45, 2.75) is 26.3 Å². The third-order valence-electron chi connectivity index (χ3n) is 6.37. The molecule has 0 fully saturated rings. The summed E-state index contributed by atoms with van der Waals surface area (Å²) in [5.41, 5.74) is 5.05. The van der Waals surface area contributed by atoms with E-state index in [1.165, 1.54) is 9.91 Å². The van der Waals surface area contributed by atoms with E-state index < -0.39 is 0 Å². The molecule has 186 valence electrons. The van der Waals surface area contributed by atoms with E-state index in [0.29, 0.717) is 34.9 Å². The van der Waals surface area contributed by atoms with Gasteiger partial charge in [-0.05, 0) is 61.2 Å². The third-order valence-corrected chi connectivity index (χ3v) is 6.56. The summed E-state index contributed by atoms with van der Waals surface area (Å²) in [5, 5.41) is 16.4. The molecule has 36 heavy (non-hydrogen) atoms. The number of amides is 2. The Balaban J connectivity index is 1.63. The first-order valence-corrected chi connectivity index (χ1v) is 11.8. The summed E-state index contributed by atoms with van der Waals surface area (Å²) >= 11 is 5.03. The van der Waals surface area contributed by atoms with Gasteiger partial charge in [0.15, 0.2) is 11.5 Å². The minimum Gasteiger partial charge on any atom is -0.507 e. The Morgan fingerprint density at radius 3 is 2.58 bits per heavy atom. The minimum atomic E-state index is -0.323. The average Bonchev–Trinajstić information content (AvgIpc) is 3.05. The highest BCUT2D eigenvalue weighted by Gasteiger charge is 2.28. The molecule has 3 aromatic carbocycles. The van der Waals surface area contributed by atoms with E-state index in [-0.39, 0.29) is 17.8 Å². The molecule has 0 aliphatic carbocycles. The van der Waals surface area contributed by atoms with Gasteiger partial charge in [0.2, 0.25) is 0 Å². The third kappa shape index (κ3) is 4.61. The van der Waals surface area contributed by atoms with Gasteiger partial charge >= 0.3 is 6.03 Å². The van der Waals surface area contributed by atoms with Gasteiger partial charge in [-0.15, -0.1) is 0 Å². The van der Waals surface area contributed by atoms with Crippen molar-refractivity contribution < 1.29 is 19.4 Å². The normalized spacial score (nSPS) is 14.6. The smallest absolute Gasteiger partial charge is 0.344 e. The topological polar surface area (TPSA) is 87.0 Å². The molecule has 1 N–H and O–H groups in total. The number of fused-ring (bicyclic) bond motifs is 1. The number of anilines is 1. The maximum absolute atomic E-state index is 13.6. The molecule has 0 unspecified atom stereocenters. The number of hydrogen-bond acceptors (Lipinski definition) is 7. The molecule has 0 radical (unpaired) electrons. The molecule has 9 heteroatoms. The zero-order valence-corrected chi connectivity index (χ0v) is 21.7. The molecule has 1 aliphatic rings. The summed E-state index contributed by atoms with van der Waals surface area (Å²) in [6.45, 7) is 3.78. The van der Waals surface area contributed by atoms with Gasteiger partial charge in [0.25, 0.3) is 0 Å². The maximum Gasteiger partial charge on any atom is 0.344 e. The number of aryl methyl sites for hydroxylation is 1. The summed E-state index contributed by atoms with van der Waals surface area (Å²) in [4.78, 5) is 15.0. The van der Waals surface area contributed by atoms with Crippen LogP contribution in [0.3, 0.4) is 0 Å². The Hall–Kier alpha value is -3.98. The van der Waals surface area contributed by atoms with Crippen LogP contribution in [-0.2, 0) is 18.8 Å². The number of methoxy groups -OCH3 is 2. The Bertz CT molecular complexity index is 1360. The lowest BCUT2D eigenvalue weighted by Gasteiger charge is -2.28. The summed E-state index contributed by atoms with van der Waals surface area (Å²) < 4.78 is 14.8. The van der Waals surface area contributed by atoms with Gasteiger partial charge in [-0.25, -0.2) is 9.80 Å². The second-order valence-corrected chi connectivity index (χ2v) is 8.84. The Labute approximate surface area is 215 Å². The predicted molar refractivity (Wildman–Crippen MR) is 144 cm³/mol. The molecule has 0 spiro atoms. The Morgan fingerprint density at radius 1 is 1.17 bits per heavy atom. The molecule has 0 aromatic heterocycles. The fourth-order valence-corrected chi connectivity index (χ4v) is 4.46. The highest BCUT2D eigenvalue weighted by atomic mass is 32.1. The highest BCUT2D eigenvalue weighted by Crippen LogP contribution is 2.38. The first kappa shape index (κ1) is 25.1. The van der Waals surface area contributed by atoms with Crippen molar-refractivity contribution in [2.75, 3.05) is 26.2 Å². The lowest BCUT2D eigenvalue weighted by Crippen LogP contribution is -2.43. The number of ether oxygens (including phenoxy) is 2. The molecule has 1 heterocycles. The van der Waals surface area contributed by atoms with Crippen molar-refractivity contribution >= 4 is 36.0 Å². The second-order valence-electron chi connectivity index (χ2n) is 8.66. The fraction of sp³-hybridized carbons (Fsp3) is 0.259. The monoisotopic (exact) mass is 504 g/mol. The molecular formula is C27H28N4O4S. The van der Waals surface area contributed by atoms with E-state index in [9.17, 15) is 9.90 Å². The number of hydrogen-bond donors (Lipinski definition) is 1. The van der Waals surface area contributed by atoms with Gasteiger partial charge in [-0.2, -0.15) is 9.46 Å². The molecule has 4 rings (SSSR count). The molecule has 8 nitrogen and oxygen atoms in total. The molecule has 0 bridgehead atoms. The number of rotatable bonds is 5. The number of carbonyl (C=O) groups is 1. The summed E-state index contributed by atoms with van der Waals surface area (Å²) in [5.74, 6) is 1.43. The largest absolute Gasteiger partial charge is 0.507 e. The van der Waals surface area contributed by atoms with Crippen molar-refractivity contribution in [3.05, 3.63) is 65.2 Å². The van der Waals surface area contributed by atoms with Crippen LogP contribution in [0.2, 0.25) is 0 Å². The van der Waals surface area contributed by atoms with Gasteiger partial charge < -0.3 is 14.6 Å². The van der Waals surface area contributed by atoms with Gasteiger partial charge in [0.1, 0.15) is 11.4 Å². The summed E-state index contributed by atoms with van der Waals surface area (Å²) in [7, 11) is 4.84. The van der Waals surface area contributed by atoms with Crippen molar-refractivity contribution in [1.29, 1.82) is 0 Å². The number of phenolic OH excluding ortho intramolecular Hbond substituents is 1. The van der Waals surface area contributed by atoms with Crippen LogP contribution in [0.15, 0.2) is 58.0 Å². The van der Waals surface area contributed by atoms with Gasteiger partial charge in [0, 0.05) is 30.6 Å². The molecule has 0 saturated carbocycles. The number of urea groups is 1. The SMILES string of the molecule is COc1cc2c(cc1OC)C[C@H](C)N(C(=O)N(C)c1ccc(-c3cccc(C)c3O)cc1N=S)N=C2. The van der Waals surface area contributed by atoms with Crippen LogP contribution in [0.25, 0.3) is 11.1 Å². The number of aromatic hydroxyl groups is 1. The molecule has 0 saturated heterocycles. The number of hydrazone groups is 1. The molecule has 1 aliphatic heterocycles. The zero-order valence-electron chi connectivity index (χ0n) is 20.8. The van der Waals surface area contributed by atoms with Crippen molar-refractivity contribution in [3.63, 3.8) is 0 Å². The van der Waals surface area contributed by atoms with E-state index in [2.05, 4.69) is 9.46 Å². The van der Waals surface area contributed by atoms with Crippen molar-refractivity contribution in [2.24, 2.45) is 9.46 Å². The average molecular weight is 505 g/mol. The van der Waals surface area contributed by atoms with Crippen LogP contribution in [-0.4, -0.2) is 49.7 Å². The van der Waals surface area contributed by atoms with Crippen LogP contribution < -0.4 is 14.4 Å². The fourth-order valence-electron chi connectivity index (χ4n) is 4.31. The number of nitrogens with zero attached hydrogens (tertiary/aromatic N) is 4. The van der Waals surface area contributed by atoms with Gasteiger partial charge in [-0.1, -0.05) is 24.3 Å². The first-order chi connectivity index (χ1) is 17.3. The lowest BCUT2D eigenvalue weighted by molar-refractivity contribution is 0.190. The predicted octanol–water partition coefficient (Wildman–Crippen LogP) is 5.58. The molecular weight excluding hydrogens is 476 g/mol. The van der Waals surface area contributed by atoms with E-state index in [0.717, 1.165) is 22.3 Å². The molecule has 1 atom stereocenters. The minimum absolute atomic E-state index is 0.200. The van der Waals surface area contributed by atoms with E-state index in [1.807, 2.05) is 50.2 Å². The highest BCUT2D eigenvalue weighted by molar-refractivity contribution is 7.47. The number of carbonyl (C=O) groups excluding carboxylic acids is 1. The van der Waals surface area contributed by atoms with E-state index >= 15 is 0 Å². The summed E-state index contributed by atoms with van der Waals surface area (Å²) in [6.07, 6.45) is 2.24. The van der Waals surface area contributed by atoms with Crippen LogP contribution in [0.1, 0.15) is 23.6 Å². The Kier molecular flexibility index (Phi) is 7.21. The number of para-hydroxylation sites is 1. The van der Waals surface area contributed by atoms with E-state index in [1.54, 1.807) is 39.6 Å². The van der Waals surface area contributed by atoms with E-state index in [4.69, 9.17) is 21.9 Å². The summed E-state index contributed by atoms with van der Waals surface area (Å²) in [6, 6.07) is 14.2. The first-order valence-electron chi connectivity index (χ1n) is 11.4. The van der Waals surface area contributed by atoms with Gasteiger partial charge in [-0.3, -0.25) is 4.90 Å². The van der Waals surface area contributed by atoms with Crippen LogP contribution in [0.5, 0.6) is 17.2 Å². The van der Waals surface area contributed by atoms with Gasteiger partial charge in [0.05, 0.1) is 32.2 Å². The van der Waals surface area contributed by atoms with Crippen LogP contribution >= 0.6 is 0 Å². The second kappa shape index (κ2) is 10.3.